The second-order valence-corrected chi connectivity index (χ2v) is 7.51. The number of rotatable bonds is 4. The molecule has 0 radical (unpaired) electrons. The largest absolute Gasteiger partial charge is 0.365 e. The predicted molar refractivity (Wildman–Crippen MR) is 121 cm³/mol. The van der Waals surface area contributed by atoms with Crippen molar-refractivity contribution < 1.29 is 0 Å². The third-order valence-electron chi connectivity index (χ3n) is 4.77. The summed E-state index contributed by atoms with van der Waals surface area (Å²) >= 11 is 12.2. The Morgan fingerprint density at radius 3 is 2.46 bits per heavy atom. The fraction of sp³-hybridized carbons (Fsp3) is 0.125. The van der Waals surface area contributed by atoms with Crippen LogP contribution in [-0.2, 0) is 6.54 Å². The fourth-order valence-corrected chi connectivity index (χ4v) is 3.67. The Kier molecular flexibility index (Phi) is 5.80. The number of hydrogen-bond acceptors (Lipinski definition) is 2. The second kappa shape index (κ2) is 8.64. The average molecular weight is 407 g/mol. The van der Waals surface area contributed by atoms with Crippen molar-refractivity contribution in [1.82, 2.24) is 0 Å². The van der Waals surface area contributed by atoms with E-state index in [1.54, 1.807) is 0 Å². The molecule has 28 heavy (non-hydrogen) atoms. The van der Waals surface area contributed by atoms with Crippen LogP contribution in [0.2, 0.25) is 10.0 Å². The highest BCUT2D eigenvalue weighted by Gasteiger charge is 2.17. The van der Waals surface area contributed by atoms with Gasteiger partial charge in [0, 0.05) is 24.3 Å². The summed E-state index contributed by atoms with van der Waals surface area (Å²) in [5, 5.41) is 1.12. The number of aliphatic imine (C=N–C) groups is 1. The summed E-state index contributed by atoms with van der Waals surface area (Å²) in [4.78, 5) is 7.24. The first-order valence-corrected chi connectivity index (χ1v) is 10.0. The molecule has 0 fully saturated rings. The van der Waals surface area contributed by atoms with Crippen LogP contribution in [0.1, 0.15) is 16.7 Å². The van der Waals surface area contributed by atoms with E-state index >= 15 is 0 Å². The summed E-state index contributed by atoms with van der Waals surface area (Å²) in [6.07, 6.45) is 4.09. The van der Waals surface area contributed by atoms with E-state index in [1.165, 1.54) is 11.3 Å². The zero-order valence-electron chi connectivity index (χ0n) is 15.4. The number of halogens is 2. The van der Waals surface area contributed by atoms with Gasteiger partial charge >= 0.3 is 0 Å². The van der Waals surface area contributed by atoms with Gasteiger partial charge in [-0.3, -0.25) is 4.99 Å². The number of benzene rings is 3. The van der Waals surface area contributed by atoms with Crippen molar-refractivity contribution in [3.05, 3.63) is 106 Å². The number of para-hydroxylation sites is 1. The Labute approximate surface area is 175 Å². The smallest absolute Gasteiger partial charge is 0.0668 e. The zero-order chi connectivity index (χ0) is 19.3. The molecule has 1 aliphatic heterocycles. The van der Waals surface area contributed by atoms with E-state index in [-0.39, 0.29) is 0 Å². The highest BCUT2D eigenvalue weighted by Crippen LogP contribution is 2.27. The molecule has 4 rings (SSSR count). The van der Waals surface area contributed by atoms with Crippen LogP contribution in [0.15, 0.2) is 83.9 Å². The molecule has 0 unspecified atom stereocenters. The molecule has 0 aliphatic carbocycles. The van der Waals surface area contributed by atoms with Gasteiger partial charge in [-0.2, -0.15) is 0 Å². The number of benzodiazepines with no additional fused rings is 1. The van der Waals surface area contributed by atoms with Gasteiger partial charge in [-0.25, -0.2) is 0 Å². The Morgan fingerprint density at radius 2 is 1.64 bits per heavy atom. The van der Waals surface area contributed by atoms with Gasteiger partial charge in [-0.05, 0) is 35.4 Å². The van der Waals surface area contributed by atoms with E-state index in [0.29, 0.717) is 10.0 Å². The highest BCUT2D eigenvalue weighted by molar-refractivity contribution is 6.42. The molecule has 1 heterocycles. The van der Waals surface area contributed by atoms with E-state index in [2.05, 4.69) is 65.6 Å². The number of hydrogen-bond donors (Lipinski definition) is 0. The molecule has 3 aromatic carbocycles. The van der Waals surface area contributed by atoms with Crippen molar-refractivity contribution in [3.63, 3.8) is 0 Å². The lowest BCUT2D eigenvalue weighted by molar-refractivity contribution is 0.797. The number of anilines is 1. The highest BCUT2D eigenvalue weighted by atomic mass is 35.5. The van der Waals surface area contributed by atoms with Gasteiger partial charge in [0.25, 0.3) is 0 Å². The van der Waals surface area contributed by atoms with Gasteiger partial charge in [0.05, 0.1) is 22.3 Å². The van der Waals surface area contributed by atoms with Gasteiger partial charge in [0.15, 0.2) is 0 Å². The summed E-state index contributed by atoms with van der Waals surface area (Å²) in [7, 11) is 0. The molecule has 1 aliphatic rings. The standard InChI is InChI=1S/C24H20Cl2N2/c25-21-12-10-18(16-22(21)26)11-13-23-20-8-4-5-9-24(20)28(15-14-27-23)17-19-6-2-1-3-7-19/h1-13,16H,14-15,17H2/b13-11+. The zero-order valence-corrected chi connectivity index (χ0v) is 16.9. The van der Waals surface area contributed by atoms with E-state index < -0.39 is 0 Å². The molecule has 0 atom stereocenters. The summed E-state index contributed by atoms with van der Waals surface area (Å²) < 4.78 is 0. The van der Waals surface area contributed by atoms with Crippen molar-refractivity contribution in [3.8, 4) is 0 Å². The molecule has 0 aromatic heterocycles. The van der Waals surface area contributed by atoms with E-state index in [9.17, 15) is 0 Å². The van der Waals surface area contributed by atoms with Gasteiger partial charge in [0.1, 0.15) is 0 Å². The number of nitrogens with zero attached hydrogens (tertiary/aromatic N) is 2. The first-order valence-electron chi connectivity index (χ1n) is 9.26. The minimum Gasteiger partial charge on any atom is -0.365 e. The van der Waals surface area contributed by atoms with Crippen LogP contribution in [-0.4, -0.2) is 18.8 Å². The van der Waals surface area contributed by atoms with E-state index in [4.69, 9.17) is 28.2 Å². The molecular formula is C24H20Cl2N2. The molecule has 0 saturated carbocycles. The Hall–Kier alpha value is -2.55. The SMILES string of the molecule is Clc1ccc(/C=C/C2=NCCN(Cc3ccccc3)c3ccccc32)cc1Cl. The first kappa shape index (κ1) is 18.8. The number of fused-ring (bicyclic) bond motifs is 1. The van der Waals surface area contributed by atoms with Crippen molar-refractivity contribution >= 4 is 40.7 Å². The molecule has 0 bridgehead atoms. The fourth-order valence-electron chi connectivity index (χ4n) is 3.36. The van der Waals surface area contributed by atoms with Crippen molar-refractivity contribution in [2.45, 2.75) is 6.54 Å². The molecule has 0 saturated heterocycles. The van der Waals surface area contributed by atoms with Crippen LogP contribution in [0.5, 0.6) is 0 Å². The van der Waals surface area contributed by atoms with Crippen LogP contribution in [0.3, 0.4) is 0 Å². The molecule has 0 N–H and O–H groups in total. The normalized spacial score (nSPS) is 13.9. The lowest BCUT2D eigenvalue weighted by atomic mass is 10.0. The third kappa shape index (κ3) is 4.30. The maximum atomic E-state index is 6.14. The molecule has 2 nitrogen and oxygen atoms in total. The summed E-state index contributed by atoms with van der Waals surface area (Å²) in [5.41, 5.74) is 5.64. The van der Waals surface area contributed by atoms with Crippen molar-refractivity contribution in [2.75, 3.05) is 18.0 Å². The minimum atomic E-state index is 0.557. The monoisotopic (exact) mass is 406 g/mol. The van der Waals surface area contributed by atoms with E-state index in [1.807, 2.05) is 24.3 Å². The molecule has 0 spiro atoms. The lowest BCUT2D eigenvalue weighted by Crippen LogP contribution is -2.25. The summed E-state index contributed by atoms with van der Waals surface area (Å²) in [5.74, 6) is 0. The average Bonchev–Trinajstić information content (AvgIpc) is 2.89. The molecule has 3 aromatic rings. The molecule has 140 valence electrons. The van der Waals surface area contributed by atoms with Gasteiger partial charge in [0.2, 0.25) is 0 Å². The summed E-state index contributed by atoms with van der Waals surface area (Å²) in [6.45, 7) is 2.51. The second-order valence-electron chi connectivity index (χ2n) is 6.70. The van der Waals surface area contributed by atoms with Crippen LogP contribution in [0.4, 0.5) is 5.69 Å². The van der Waals surface area contributed by atoms with Crippen LogP contribution in [0, 0.1) is 0 Å². The Balaban J connectivity index is 1.63. The van der Waals surface area contributed by atoms with Gasteiger partial charge < -0.3 is 4.90 Å². The first-order chi connectivity index (χ1) is 13.7. The molecular weight excluding hydrogens is 387 g/mol. The third-order valence-corrected chi connectivity index (χ3v) is 5.51. The van der Waals surface area contributed by atoms with Gasteiger partial charge in [-0.1, -0.05) is 83.9 Å². The van der Waals surface area contributed by atoms with Crippen LogP contribution in [0.25, 0.3) is 6.08 Å². The number of allylic oxidation sites excluding steroid dienone is 1. The Bertz CT molecular complexity index is 1030. The van der Waals surface area contributed by atoms with Crippen molar-refractivity contribution in [2.24, 2.45) is 4.99 Å². The minimum absolute atomic E-state index is 0.557. The maximum absolute atomic E-state index is 6.14. The van der Waals surface area contributed by atoms with Crippen LogP contribution < -0.4 is 4.90 Å². The van der Waals surface area contributed by atoms with Crippen LogP contribution >= 0.6 is 23.2 Å². The van der Waals surface area contributed by atoms with Crippen molar-refractivity contribution in [1.29, 1.82) is 0 Å². The Morgan fingerprint density at radius 1 is 0.857 bits per heavy atom. The van der Waals surface area contributed by atoms with Gasteiger partial charge in [-0.15, -0.1) is 0 Å². The maximum Gasteiger partial charge on any atom is 0.0668 e. The topological polar surface area (TPSA) is 15.6 Å². The summed E-state index contributed by atoms with van der Waals surface area (Å²) in [6, 6.07) is 24.6. The molecule has 4 heteroatoms. The van der Waals surface area contributed by atoms with E-state index in [0.717, 1.165) is 36.5 Å². The molecule has 0 amide bonds. The lowest BCUT2D eigenvalue weighted by Gasteiger charge is -2.24. The quantitative estimate of drug-likeness (QED) is 0.481. The predicted octanol–water partition coefficient (Wildman–Crippen LogP) is 6.52.